The van der Waals surface area contributed by atoms with E-state index in [9.17, 15) is 19.1 Å². The summed E-state index contributed by atoms with van der Waals surface area (Å²) in [5, 5.41) is 13.1. The first-order valence-corrected chi connectivity index (χ1v) is 8.68. The van der Waals surface area contributed by atoms with Gasteiger partial charge in [0.2, 0.25) is 0 Å². The monoisotopic (exact) mass is 369 g/mol. The van der Waals surface area contributed by atoms with Crippen molar-refractivity contribution in [3.63, 3.8) is 0 Å². The Kier molecular flexibility index (Phi) is 8.51. The lowest BCUT2D eigenvalue weighted by atomic mass is 9.98. The van der Waals surface area contributed by atoms with Crippen molar-refractivity contribution >= 4 is 12.1 Å². The zero-order valence-corrected chi connectivity index (χ0v) is 15.8. The van der Waals surface area contributed by atoms with Gasteiger partial charge in [-0.15, -0.1) is 0 Å². The number of hydrogen-bond donors (Lipinski definition) is 2. The lowest BCUT2D eigenvalue weighted by molar-refractivity contribution is -0.143. The minimum absolute atomic E-state index is 0.0327. The van der Waals surface area contributed by atoms with Gasteiger partial charge in [-0.25, -0.2) is 9.18 Å². The molecule has 2 unspecified atom stereocenters. The van der Waals surface area contributed by atoms with Gasteiger partial charge in [0.05, 0.1) is 18.8 Å². The highest BCUT2D eigenvalue weighted by Crippen LogP contribution is 2.13. The molecular formula is C19H28FNO5. The third kappa shape index (κ3) is 8.80. The second kappa shape index (κ2) is 10.1. The van der Waals surface area contributed by atoms with E-state index >= 15 is 0 Å². The van der Waals surface area contributed by atoms with Gasteiger partial charge in [-0.3, -0.25) is 4.79 Å². The Bertz CT molecular complexity index is 583. The molecule has 6 nitrogen and oxygen atoms in total. The summed E-state index contributed by atoms with van der Waals surface area (Å²) in [7, 11) is 0. The number of carbonyl (C=O) groups is 2. The van der Waals surface area contributed by atoms with Crippen LogP contribution in [0.15, 0.2) is 24.3 Å². The van der Waals surface area contributed by atoms with Gasteiger partial charge in [0.15, 0.2) is 0 Å². The van der Waals surface area contributed by atoms with Crippen LogP contribution in [0.3, 0.4) is 0 Å². The van der Waals surface area contributed by atoms with Crippen molar-refractivity contribution in [3.8, 4) is 0 Å². The number of alkyl carbamates (subject to hydrolysis) is 1. The molecule has 0 saturated carbocycles. The molecule has 7 heteroatoms. The van der Waals surface area contributed by atoms with E-state index in [0.29, 0.717) is 0 Å². The van der Waals surface area contributed by atoms with Crippen LogP contribution in [0.5, 0.6) is 0 Å². The highest BCUT2D eigenvalue weighted by molar-refractivity contribution is 5.69. The Balaban J connectivity index is 2.77. The van der Waals surface area contributed by atoms with Crippen molar-refractivity contribution in [3.05, 3.63) is 35.6 Å². The average Bonchev–Trinajstić information content (AvgIpc) is 2.52. The molecule has 0 heterocycles. The molecule has 1 aromatic carbocycles. The second-order valence-electron chi connectivity index (χ2n) is 6.99. The summed E-state index contributed by atoms with van der Waals surface area (Å²) in [5.41, 5.74) is 0.0584. The van der Waals surface area contributed by atoms with Crippen LogP contribution in [-0.2, 0) is 20.7 Å². The first-order valence-electron chi connectivity index (χ1n) is 8.68. The molecular weight excluding hydrogens is 341 g/mol. The summed E-state index contributed by atoms with van der Waals surface area (Å²) in [4.78, 5) is 23.6. The molecule has 0 bridgehead atoms. The summed E-state index contributed by atoms with van der Waals surface area (Å²) >= 11 is 0. The Morgan fingerprint density at radius 3 is 2.38 bits per heavy atom. The van der Waals surface area contributed by atoms with Gasteiger partial charge in [-0.05, 0) is 58.2 Å². The van der Waals surface area contributed by atoms with Crippen molar-refractivity contribution in [1.29, 1.82) is 0 Å². The molecule has 1 rings (SSSR count). The quantitative estimate of drug-likeness (QED) is 0.688. The van der Waals surface area contributed by atoms with Crippen molar-refractivity contribution in [2.45, 2.75) is 64.7 Å². The molecule has 0 aliphatic rings. The number of carbonyl (C=O) groups excluding carboxylic acids is 2. The van der Waals surface area contributed by atoms with E-state index < -0.39 is 29.8 Å². The SMILES string of the molecule is CCOC(=O)CCC(O)C(Cc1ccc(F)cc1)NC(=O)OC(C)(C)C. The number of aliphatic hydroxyl groups is 1. The third-order valence-electron chi connectivity index (χ3n) is 3.49. The average molecular weight is 369 g/mol. The Morgan fingerprint density at radius 1 is 1.23 bits per heavy atom. The van der Waals surface area contributed by atoms with E-state index in [0.717, 1.165) is 5.56 Å². The molecule has 2 N–H and O–H groups in total. The molecule has 26 heavy (non-hydrogen) atoms. The number of esters is 1. The molecule has 0 saturated heterocycles. The zero-order valence-electron chi connectivity index (χ0n) is 15.8. The van der Waals surface area contributed by atoms with Crippen LogP contribution in [0.25, 0.3) is 0 Å². The van der Waals surface area contributed by atoms with Gasteiger partial charge in [-0.1, -0.05) is 12.1 Å². The standard InChI is InChI=1S/C19H28FNO5/c1-5-25-17(23)11-10-16(22)15(21-18(24)26-19(2,3)4)12-13-6-8-14(20)9-7-13/h6-9,15-16,22H,5,10-12H2,1-4H3,(H,21,24). The molecule has 146 valence electrons. The van der Waals surface area contributed by atoms with E-state index in [1.54, 1.807) is 39.8 Å². The Labute approximate surface area is 153 Å². The predicted octanol–water partition coefficient (Wildman–Crippen LogP) is 2.97. The summed E-state index contributed by atoms with van der Waals surface area (Å²) in [6, 6.07) is 5.09. The largest absolute Gasteiger partial charge is 0.466 e. The molecule has 0 radical (unpaired) electrons. The summed E-state index contributed by atoms with van der Waals surface area (Å²) in [6.45, 7) is 7.18. The van der Waals surface area contributed by atoms with E-state index in [4.69, 9.17) is 9.47 Å². The molecule has 0 fully saturated rings. The first kappa shape index (κ1) is 21.9. The second-order valence-corrected chi connectivity index (χ2v) is 6.99. The van der Waals surface area contributed by atoms with Crippen LogP contribution in [0.4, 0.5) is 9.18 Å². The maximum atomic E-state index is 13.1. The molecule has 1 amide bonds. The number of amides is 1. The smallest absolute Gasteiger partial charge is 0.407 e. The van der Waals surface area contributed by atoms with E-state index in [-0.39, 0.29) is 31.7 Å². The van der Waals surface area contributed by atoms with Crippen LogP contribution in [0.1, 0.15) is 46.1 Å². The summed E-state index contributed by atoms with van der Waals surface area (Å²) < 4.78 is 23.1. The van der Waals surface area contributed by atoms with Crippen LogP contribution in [-0.4, -0.2) is 41.5 Å². The van der Waals surface area contributed by atoms with Crippen molar-refractivity contribution in [2.24, 2.45) is 0 Å². The van der Waals surface area contributed by atoms with Crippen LogP contribution < -0.4 is 5.32 Å². The molecule has 0 aromatic heterocycles. The Morgan fingerprint density at radius 2 is 1.85 bits per heavy atom. The minimum atomic E-state index is -0.989. The van der Waals surface area contributed by atoms with Crippen molar-refractivity contribution in [2.75, 3.05) is 6.61 Å². The van der Waals surface area contributed by atoms with Gasteiger partial charge >= 0.3 is 12.1 Å². The van der Waals surface area contributed by atoms with Crippen LogP contribution in [0.2, 0.25) is 0 Å². The lowest BCUT2D eigenvalue weighted by Gasteiger charge is -2.26. The summed E-state index contributed by atoms with van der Waals surface area (Å²) in [6.07, 6.45) is -1.23. The van der Waals surface area contributed by atoms with Crippen LogP contribution in [0, 0.1) is 5.82 Å². The predicted molar refractivity (Wildman–Crippen MR) is 95.1 cm³/mol. The maximum absolute atomic E-state index is 13.1. The van der Waals surface area contributed by atoms with Crippen molar-refractivity contribution < 1.29 is 28.6 Å². The number of ether oxygens (including phenoxy) is 2. The van der Waals surface area contributed by atoms with Gasteiger partial charge in [0, 0.05) is 6.42 Å². The fourth-order valence-electron chi connectivity index (χ4n) is 2.32. The van der Waals surface area contributed by atoms with Gasteiger partial charge in [0.1, 0.15) is 11.4 Å². The third-order valence-corrected chi connectivity index (χ3v) is 3.49. The molecule has 0 spiro atoms. The minimum Gasteiger partial charge on any atom is -0.466 e. The number of rotatable bonds is 8. The number of benzene rings is 1. The summed E-state index contributed by atoms with van der Waals surface area (Å²) in [5.74, 6) is -0.780. The van der Waals surface area contributed by atoms with Gasteiger partial charge in [-0.2, -0.15) is 0 Å². The molecule has 2 atom stereocenters. The molecule has 1 aromatic rings. The maximum Gasteiger partial charge on any atom is 0.407 e. The number of aliphatic hydroxyl groups excluding tert-OH is 1. The van der Waals surface area contributed by atoms with E-state index in [2.05, 4.69) is 5.32 Å². The highest BCUT2D eigenvalue weighted by Gasteiger charge is 2.25. The van der Waals surface area contributed by atoms with Gasteiger partial charge < -0.3 is 19.9 Å². The van der Waals surface area contributed by atoms with Crippen LogP contribution >= 0.6 is 0 Å². The topological polar surface area (TPSA) is 84.9 Å². The Hall–Kier alpha value is -2.15. The zero-order chi connectivity index (χ0) is 19.7. The van der Waals surface area contributed by atoms with Gasteiger partial charge in [0.25, 0.3) is 0 Å². The molecule has 0 aliphatic heterocycles. The van der Waals surface area contributed by atoms with Crippen molar-refractivity contribution in [1.82, 2.24) is 5.32 Å². The van der Waals surface area contributed by atoms with E-state index in [1.165, 1.54) is 12.1 Å². The highest BCUT2D eigenvalue weighted by atomic mass is 19.1. The van der Waals surface area contributed by atoms with E-state index in [1.807, 2.05) is 0 Å². The fourth-order valence-corrected chi connectivity index (χ4v) is 2.32. The molecule has 0 aliphatic carbocycles. The number of nitrogens with one attached hydrogen (secondary N) is 1. The number of hydrogen-bond acceptors (Lipinski definition) is 5. The number of halogens is 1. The normalized spacial score (nSPS) is 13.6. The first-order chi connectivity index (χ1) is 12.1. The lowest BCUT2D eigenvalue weighted by Crippen LogP contribution is -2.46. The fraction of sp³-hybridized carbons (Fsp3) is 0.579.